The number of amides is 1. The fourth-order valence-corrected chi connectivity index (χ4v) is 6.84. The van der Waals surface area contributed by atoms with E-state index in [0.29, 0.717) is 79.9 Å². The molecule has 1 aromatic heterocycles. The highest BCUT2D eigenvalue weighted by Crippen LogP contribution is 2.41. The Morgan fingerprint density at radius 1 is 1.04 bits per heavy atom. The van der Waals surface area contributed by atoms with Gasteiger partial charge < -0.3 is 33.3 Å². The number of morpholine rings is 1. The minimum atomic E-state index is -0.860. The molecule has 0 unspecified atom stereocenters. The summed E-state index contributed by atoms with van der Waals surface area (Å²) in [4.78, 5) is 46.7. The van der Waals surface area contributed by atoms with Crippen LogP contribution in [0.2, 0.25) is 0 Å². The van der Waals surface area contributed by atoms with E-state index in [2.05, 4.69) is 20.9 Å². The summed E-state index contributed by atoms with van der Waals surface area (Å²) < 4.78 is 35.5. The first-order chi connectivity index (χ1) is 22.2. The number of nitrogens with zero attached hydrogens (tertiary/aromatic N) is 3. The van der Waals surface area contributed by atoms with E-state index in [1.807, 2.05) is 0 Å². The predicted octanol–water partition coefficient (Wildman–Crippen LogP) is 2.82. The van der Waals surface area contributed by atoms with Gasteiger partial charge in [0.2, 0.25) is 0 Å². The fourth-order valence-electron chi connectivity index (χ4n) is 5.25. The number of hydrogen-bond acceptors (Lipinski definition) is 11. The van der Waals surface area contributed by atoms with Gasteiger partial charge in [0.1, 0.15) is 0 Å². The molecule has 3 heterocycles. The Kier molecular flexibility index (Phi) is 10.5. The molecule has 1 amide bonds. The van der Waals surface area contributed by atoms with Crippen molar-refractivity contribution < 1.29 is 38.0 Å². The summed E-state index contributed by atoms with van der Waals surface area (Å²) in [6.07, 6.45) is 1.72. The predicted molar refractivity (Wildman–Crippen MR) is 174 cm³/mol. The van der Waals surface area contributed by atoms with Crippen LogP contribution in [0.3, 0.4) is 0 Å². The molecule has 2 aromatic carbocycles. The highest BCUT2D eigenvalue weighted by molar-refractivity contribution is 9.10. The molecule has 5 rings (SSSR count). The molecule has 0 N–H and O–H groups in total. The molecule has 14 heteroatoms. The van der Waals surface area contributed by atoms with Gasteiger partial charge in [0, 0.05) is 17.6 Å². The lowest BCUT2D eigenvalue weighted by atomic mass is 9.95. The Morgan fingerprint density at radius 3 is 2.39 bits per heavy atom. The lowest BCUT2D eigenvalue weighted by molar-refractivity contribution is -0.139. The van der Waals surface area contributed by atoms with Gasteiger partial charge in [0.15, 0.2) is 34.4 Å². The normalized spacial score (nSPS) is 16.4. The molecule has 244 valence electrons. The number of hydrogen-bond donors (Lipinski definition) is 0. The van der Waals surface area contributed by atoms with E-state index >= 15 is 0 Å². The van der Waals surface area contributed by atoms with Crippen LogP contribution >= 0.6 is 27.3 Å². The number of thiazole rings is 1. The minimum absolute atomic E-state index is 0.135. The molecule has 3 aromatic rings. The van der Waals surface area contributed by atoms with Gasteiger partial charge in [-0.05, 0) is 55.3 Å². The third-order valence-electron chi connectivity index (χ3n) is 7.51. The van der Waals surface area contributed by atoms with Crippen molar-refractivity contribution in [1.82, 2.24) is 9.47 Å². The van der Waals surface area contributed by atoms with Gasteiger partial charge in [-0.3, -0.25) is 14.2 Å². The molecule has 2 aliphatic heterocycles. The molecule has 0 spiro atoms. The van der Waals surface area contributed by atoms with Crippen molar-refractivity contribution >= 4 is 45.2 Å². The summed E-state index contributed by atoms with van der Waals surface area (Å²) in [6, 6.07) is 7.79. The van der Waals surface area contributed by atoms with Crippen molar-refractivity contribution in [2.45, 2.75) is 19.9 Å². The third-order valence-corrected chi connectivity index (χ3v) is 9.18. The molecular weight excluding hydrogens is 682 g/mol. The number of esters is 1. The molecule has 1 saturated heterocycles. The van der Waals surface area contributed by atoms with Crippen LogP contribution in [0.1, 0.15) is 31.0 Å². The van der Waals surface area contributed by atoms with E-state index in [1.54, 1.807) is 55.2 Å². The smallest absolute Gasteiger partial charge is 0.338 e. The Hall–Kier alpha value is -4.14. The number of carbonyl (C=O) groups is 2. The van der Waals surface area contributed by atoms with Gasteiger partial charge in [-0.15, -0.1) is 0 Å². The van der Waals surface area contributed by atoms with Crippen molar-refractivity contribution in [2.24, 2.45) is 4.99 Å². The zero-order valence-electron chi connectivity index (χ0n) is 26.1. The van der Waals surface area contributed by atoms with Gasteiger partial charge in [-0.2, -0.15) is 0 Å². The number of methoxy groups -OCH3 is 3. The minimum Gasteiger partial charge on any atom is -0.493 e. The van der Waals surface area contributed by atoms with Crippen molar-refractivity contribution in [1.29, 1.82) is 0 Å². The number of fused-ring (bicyclic) bond motifs is 1. The van der Waals surface area contributed by atoms with Gasteiger partial charge in [-0.25, -0.2) is 9.79 Å². The van der Waals surface area contributed by atoms with Crippen LogP contribution in [-0.4, -0.2) is 82.2 Å². The van der Waals surface area contributed by atoms with E-state index in [-0.39, 0.29) is 30.3 Å². The van der Waals surface area contributed by atoms with Gasteiger partial charge in [0.25, 0.3) is 11.5 Å². The summed E-state index contributed by atoms with van der Waals surface area (Å²) >= 11 is 4.81. The quantitative estimate of drug-likeness (QED) is 0.291. The molecule has 0 saturated carbocycles. The Morgan fingerprint density at radius 2 is 1.72 bits per heavy atom. The number of allylic oxidation sites excluding steroid dienone is 1. The SMILES string of the molecule is CCOC(=O)C1=C(C)N=c2s/c(=C/c3ccc(OCC(=O)N4CCOCC4)c(OC)c3)c(=O)n2[C@H]1c1cc(OC)c(OC)cc1Br. The molecular formula is C32H34BrN3O9S. The van der Waals surface area contributed by atoms with Crippen LogP contribution in [0.15, 0.2) is 55.9 Å². The fraction of sp³-hybridized carbons (Fsp3) is 0.375. The van der Waals surface area contributed by atoms with Gasteiger partial charge in [0.05, 0.1) is 63.0 Å². The van der Waals surface area contributed by atoms with Crippen molar-refractivity contribution in [2.75, 3.05) is 60.8 Å². The molecule has 2 aliphatic rings. The first kappa shape index (κ1) is 33.2. The monoisotopic (exact) mass is 715 g/mol. The summed E-state index contributed by atoms with van der Waals surface area (Å²) in [5.41, 5.74) is 1.59. The maximum absolute atomic E-state index is 14.1. The molecule has 12 nitrogen and oxygen atoms in total. The molecule has 0 radical (unpaired) electrons. The number of rotatable bonds is 10. The topological polar surface area (TPSA) is 127 Å². The summed E-state index contributed by atoms with van der Waals surface area (Å²) in [5.74, 6) is 1.01. The number of halogens is 1. The average molecular weight is 717 g/mol. The van der Waals surface area contributed by atoms with E-state index < -0.39 is 12.0 Å². The lowest BCUT2D eigenvalue weighted by Gasteiger charge is -2.26. The highest BCUT2D eigenvalue weighted by atomic mass is 79.9. The van der Waals surface area contributed by atoms with Crippen LogP contribution in [0, 0.1) is 0 Å². The number of carbonyl (C=O) groups excluding carboxylic acids is 2. The maximum Gasteiger partial charge on any atom is 0.338 e. The maximum atomic E-state index is 14.1. The lowest BCUT2D eigenvalue weighted by Crippen LogP contribution is -2.43. The van der Waals surface area contributed by atoms with Crippen molar-refractivity contribution in [3.8, 4) is 23.0 Å². The van der Waals surface area contributed by atoms with Gasteiger partial charge in [-0.1, -0.05) is 33.3 Å². The van der Waals surface area contributed by atoms with Gasteiger partial charge >= 0.3 is 5.97 Å². The van der Waals surface area contributed by atoms with Crippen LogP contribution < -0.4 is 33.8 Å². The van der Waals surface area contributed by atoms with E-state index in [0.717, 1.165) is 0 Å². The zero-order chi connectivity index (χ0) is 33.0. The molecule has 0 bridgehead atoms. The van der Waals surface area contributed by atoms with Crippen LogP contribution in [-0.2, 0) is 19.1 Å². The van der Waals surface area contributed by atoms with Crippen molar-refractivity contribution in [3.05, 3.63) is 76.9 Å². The number of benzene rings is 2. The van der Waals surface area contributed by atoms with E-state index in [4.69, 9.17) is 28.4 Å². The molecule has 0 aliphatic carbocycles. The third kappa shape index (κ3) is 6.69. The van der Waals surface area contributed by atoms with Crippen LogP contribution in [0.4, 0.5) is 0 Å². The Labute approximate surface area is 277 Å². The second-order valence-electron chi connectivity index (χ2n) is 10.2. The largest absolute Gasteiger partial charge is 0.493 e. The molecule has 1 atom stereocenters. The number of aromatic nitrogens is 1. The van der Waals surface area contributed by atoms with Crippen LogP contribution in [0.25, 0.3) is 6.08 Å². The molecule has 46 heavy (non-hydrogen) atoms. The van der Waals surface area contributed by atoms with E-state index in [9.17, 15) is 14.4 Å². The Bertz CT molecular complexity index is 1860. The van der Waals surface area contributed by atoms with E-state index in [1.165, 1.54) is 37.2 Å². The number of ether oxygens (including phenoxy) is 6. The molecule has 1 fully saturated rings. The zero-order valence-corrected chi connectivity index (χ0v) is 28.5. The average Bonchev–Trinajstić information content (AvgIpc) is 3.37. The second kappa shape index (κ2) is 14.5. The Balaban J connectivity index is 1.55. The summed E-state index contributed by atoms with van der Waals surface area (Å²) in [6.45, 7) is 5.52. The summed E-state index contributed by atoms with van der Waals surface area (Å²) in [5, 5.41) is 0. The standard InChI is InChI=1S/C32H34BrN3O9S/c1-6-44-31(39)28-18(2)34-32-36(29(28)20-15-24(41-4)25(42-5)16-21(20)33)30(38)26(46-32)14-19-7-8-22(23(13-19)40-3)45-17-27(37)35-9-11-43-12-10-35/h7-8,13-16,29H,6,9-12,17H2,1-5H3/b26-14+/t29-/m0/s1. The first-order valence-corrected chi connectivity index (χ1v) is 16.1. The first-order valence-electron chi connectivity index (χ1n) is 14.5. The second-order valence-corrected chi connectivity index (χ2v) is 12.1. The summed E-state index contributed by atoms with van der Waals surface area (Å²) in [7, 11) is 4.55. The van der Waals surface area contributed by atoms with Crippen LogP contribution in [0.5, 0.6) is 23.0 Å². The highest BCUT2D eigenvalue weighted by Gasteiger charge is 2.35. The van der Waals surface area contributed by atoms with Crippen molar-refractivity contribution in [3.63, 3.8) is 0 Å².